The van der Waals surface area contributed by atoms with Crippen molar-refractivity contribution in [1.82, 2.24) is 4.98 Å². The van der Waals surface area contributed by atoms with E-state index in [-0.39, 0.29) is 5.56 Å². The molecule has 0 spiro atoms. The van der Waals surface area contributed by atoms with Gasteiger partial charge in [-0.15, -0.1) is 0 Å². The Kier molecular flexibility index (Phi) is 1.88. The number of nitriles is 1. The summed E-state index contributed by atoms with van der Waals surface area (Å²) in [7, 11) is 0. The molecular formula is C6H3N3O3. The fourth-order valence-electron chi connectivity index (χ4n) is 0.692. The molecule has 0 radical (unpaired) electrons. The zero-order chi connectivity index (χ0) is 9.14. The number of nitro groups is 1. The second-order valence-corrected chi connectivity index (χ2v) is 1.92. The summed E-state index contributed by atoms with van der Waals surface area (Å²) < 4.78 is 0. The lowest BCUT2D eigenvalue weighted by Gasteiger charge is -1.94. The Bertz CT molecular complexity index is 369. The van der Waals surface area contributed by atoms with Crippen molar-refractivity contribution in [3.05, 3.63) is 28.1 Å². The minimum absolute atomic E-state index is 0.366. The predicted octanol–water partition coefficient (Wildman–Crippen LogP) is 0.567. The van der Waals surface area contributed by atoms with Gasteiger partial charge in [-0.1, -0.05) is 0 Å². The molecule has 1 aromatic heterocycles. The first-order chi connectivity index (χ1) is 5.66. The molecule has 0 atom stereocenters. The van der Waals surface area contributed by atoms with Crippen LogP contribution in [0, 0.1) is 21.4 Å². The predicted molar refractivity (Wildman–Crippen MR) is 37.3 cm³/mol. The van der Waals surface area contributed by atoms with Crippen LogP contribution in [0.3, 0.4) is 0 Å². The number of aromatic nitrogens is 1. The molecule has 6 nitrogen and oxygen atoms in total. The van der Waals surface area contributed by atoms with Crippen molar-refractivity contribution in [1.29, 1.82) is 5.26 Å². The molecule has 0 aliphatic heterocycles. The van der Waals surface area contributed by atoms with E-state index < -0.39 is 16.4 Å². The van der Waals surface area contributed by atoms with Gasteiger partial charge in [-0.3, -0.25) is 15.1 Å². The number of rotatable bonds is 1. The highest BCUT2D eigenvalue weighted by atomic mass is 16.6. The normalized spacial score (nSPS) is 8.92. The molecule has 6 heteroatoms. The Balaban J connectivity index is 3.40. The summed E-state index contributed by atoms with van der Waals surface area (Å²) in [4.78, 5) is 12.8. The summed E-state index contributed by atoms with van der Waals surface area (Å²) in [5, 5.41) is 27.6. The summed E-state index contributed by atoms with van der Waals surface area (Å²) in [5.74, 6) is -0.480. The van der Waals surface area contributed by atoms with E-state index in [0.29, 0.717) is 0 Å². The molecule has 1 N–H and O–H groups in total. The standard InChI is InChI=1S/C6H3N3O3/c7-1-4-5(9(11)12)2-8-3-6(4)10/h2-3,10H. The van der Waals surface area contributed by atoms with Crippen LogP contribution in [0.25, 0.3) is 0 Å². The maximum Gasteiger partial charge on any atom is 0.309 e. The van der Waals surface area contributed by atoms with Gasteiger partial charge in [0.15, 0.2) is 11.3 Å². The van der Waals surface area contributed by atoms with Crippen molar-refractivity contribution in [2.75, 3.05) is 0 Å². The summed E-state index contributed by atoms with van der Waals surface area (Å²) in [6.45, 7) is 0. The molecule has 0 fully saturated rings. The lowest BCUT2D eigenvalue weighted by Crippen LogP contribution is -1.93. The first-order valence-electron chi connectivity index (χ1n) is 2.88. The van der Waals surface area contributed by atoms with Crippen LogP contribution in [-0.2, 0) is 0 Å². The molecule has 12 heavy (non-hydrogen) atoms. The van der Waals surface area contributed by atoms with Crippen molar-refractivity contribution in [3.8, 4) is 11.8 Å². The largest absolute Gasteiger partial charge is 0.505 e. The fraction of sp³-hybridized carbons (Fsp3) is 0. The summed E-state index contributed by atoms with van der Waals surface area (Å²) in [6.07, 6.45) is 1.89. The number of aromatic hydroxyl groups is 1. The van der Waals surface area contributed by atoms with Crippen LogP contribution in [0.15, 0.2) is 12.4 Å². The van der Waals surface area contributed by atoms with E-state index in [4.69, 9.17) is 10.4 Å². The van der Waals surface area contributed by atoms with E-state index in [1.807, 2.05) is 0 Å². The Labute approximate surface area is 66.9 Å². The van der Waals surface area contributed by atoms with Crippen molar-refractivity contribution >= 4 is 5.69 Å². The van der Waals surface area contributed by atoms with Crippen LogP contribution in [0.2, 0.25) is 0 Å². The van der Waals surface area contributed by atoms with Gasteiger partial charge in [-0.25, -0.2) is 0 Å². The Morgan fingerprint density at radius 1 is 1.67 bits per heavy atom. The van der Waals surface area contributed by atoms with E-state index in [1.165, 1.54) is 6.07 Å². The number of hydrogen-bond donors (Lipinski definition) is 1. The maximum atomic E-state index is 10.2. The van der Waals surface area contributed by atoms with Crippen molar-refractivity contribution in [3.63, 3.8) is 0 Å². The molecular weight excluding hydrogens is 162 g/mol. The summed E-state index contributed by atoms with van der Waals surface area (Å²) in [5.41, 5.74) is -0.854. The van der Waals surface area contributed by atoms with Gasteiger partial charge in [0.25, 0.3) is 0 Å². The highest BCUT2D eigenvalue weighted by molar-refractivity contribution is 5.53. The highest BCUT2D eigenvalue weighted by Gasteiger charge is 2.17. The molecule has 1 rings (SSSR count). The Morgan fingerprint density at radius 2 is 2.33 bits per heavy atom. The number of nitrogens with zero attached hydrogens (tertiary/aromatic N) is 3. The minimum Gasteiger partial charge on any atom is -0.505 e. The van der Waals surface area contributed by atoms with Crippen molar-refractivity contribution in [2.45, 2.75) is 0 Å². The van der Waals surface area contributed by atoms with Crippen LogP contribution in [0.1, 0.15) is 5.56 Å². The van der Waals surface area contributed by atoms with Gasteiger partial charge in [0.05, 0.1) is 11.1 Å². The molecule has 0 unspecified atom stereocenters. The second kappa shape index (κ2) is 2.84. The third-order valence-electron chi connectivity index (χ3n) is 1.21. The van der Waals surface area contributed by atoms with Gasteiger partial charge in [0, 0.05) is 0 Å². The molecule has 0 saturated carbocycles. The third-order valence-corrected chi connectivity index (χ3v) is 1.21. The van der Waals surface area contributed by atoms with Gasteiger partial charge < -0.3 is 5.11 Å². The van der Waals surface area contributed by atoms with Crippen molar-refractivity contribution < 1.29 is 10.0 Å². The van der Waals surface area contributed by atoms with Gasteiger partial charge in [-0.2, -0.15) is 5.26 Å². The van der Waals surface area contributed by atoms with Crippen molar-refractivity contribution in [2.24, 2.45) is 0 Å². The molecule has 0 amide bonds. The monoisotopic (exact) mass is 165 g/mol. The molecule has 0 bridgehead atoms. The van der Waals surface area contributed by atoms with E-state index in [2.05, 4.69) is 4.98 Å². The van der Waals surface area contributed by atoms with E-state index in [0.717, 1.165) is 12.4 Å². The summed E-state index contributed by atoms with van der Waals surface area (Å²) >= 11 is 0. The van der Waals surface area contributed by atoms with E-state index in [1.54, 1.807) is 0 Å². The molecule has 0 aliphatic rings. The lowest BCUT2D eigenvalue weighted by molar-refractivity contribution is -0.385. The average molecular weight is 165 g/mol. The van der Waals surface area contributed by atoms with E-state index >= 15 is 0 Å². The Morgan fingerprint density at radius 3 is 2.75 bits per heavy atom. The van der Waals surface area contributed by atoms with Crippen LogP contribution in [0.5, 0.6) is 5.75 Å². The second-order valence-electron chi connectivity index (χ2n) is 1.92. The first kappa shape index (κ1) is 7.94. The zero-order valence-electron chi connectivity index (χ0n) is 5.76. The first-order valence-corrected chi connectivity index (χ1v) is 2.88. The molecule has 60 valence electrons. The summed E-state index contributed by atoms with van der Waals surface area (Å²) in [6, 6.07) is 1.51. The topological polar surface area (TPSA) is 100 Å². The van der Waals surface area contributed by atoms with Gasteiger partial charge >= 0.3 is 5.69 Å². The molecule has 0 aliphatic carbocycles. The van der Waals surface area contributed by atoms with Crippen LogP contribution >= 0.6 is 0 Å². The van der Waals surface area contributed by atoms with Gasteiger partial charge in [-0.05, 0) is 0 Å². The molecule has 1 heterocycles. The molecule has 0 saturated heterocycles. The minimum atomic E-state index is -0.773. The number of pyridine rings is 1. The van der Waals surface area contributed by atoms with E-state index in [9.17, 15) is 10.1 Å². The average Bonchev–Trinajstić information content (AvgIpc) is 2.03. The van der Waals surface area contributed by atoms with Crippen LogP contribution < -0.4 is 0 Å². The third kappa shape index (κ3) is 1.15. The highest BCUT2D eigenvalue weighted by Crippen LogP contribution is 2.23. The lowest BCUT2D eigenvalue weighted by atomic mass is 10.2. The van der Waals surface area contributed by atoms with Crippen LogP contribution in [-0.4, -0.2) is 15.0 Å². The fourth-order valence-corrected chi connectivity index (χ4v) is 0.692. The molecule has 1 aromatic rings. The quantitative estimate of drug-likeness (QED) is 0.484. The zero-order valence-corrected chi connectivity index (χ0v) is 5.76. The SMILES string of the molecule is N#Cc1c(O)cncc1[N+](=O)[O-]. The number of hydrogen-bond acceptors (Lipinski definition) is 5. The Hall–Kier alpha value is -2.16. The molecule has 0 aromatic carbocycles. The van der Waals surface area contributed by atoms with Crippen LogP contribution in [0.4, 0.5) is 5.69 Å². The smallest absolute Gasteiger partial charge is 0.309 e. The van der Waals surface area contributed by atoms with Gasteiger partial charge in [0.1, 0.15) is 12.3 Å². The maximum absolute atomic E-state index is 10.2. The van der Waals surface area contributed by atoms with Gasteiger partial charge in [0.2, 0.25) is 0 Å².